The number of carbonyl (C=O) groups excluding carboxylic acids is 1. The van der Waals surface area contributed by atoms with Crippen LogP contribution in [0.5, 0.6) is 0 Å². The van der Waals surface area contributed by atoms with Crippen molar-refractivity contribution >= 4 is 11.6 Å². The minimum atomic E-state index is -4.46. The van der Waals surface area contributed by atoms with Gasteiger partial charge in [0.05, 0.1) is 17.3 Å². The van der Waals surface area contributed by atoms with E-state index in [0.717, 1.165) is 44.4 Å². The Labute approximate surface area is 132 Å². The van der Waals surface area contributed by atoms with Crippen molar-refractivity contribution in [1.29, 1.82) is 0 Å². The molecule has 2 atom stereocenters. The Morgan fingerprint density at radius 1 is 1.22 bits per heavy atom. The molecule has 2 unspecified atom stereocenters. The number of fused-ring (bicyclic) bond motifs is 2. The van der Waals surface area contributed by atoms with Gasteiger partial charge in [0.1, 0.15) is 5.69 Å². The van der Waals surface area contributed by atoms with Gasteiger partial charge in [0.2, 0.25) is 5.91 Å². The lowest BCUT2D eigenvalue weighted by molar-refractivity contribution is -0.141. The quantitative estimate of drug-likeness (QED) is 0.863. The molecular formula is C16H18F3N3O. The molecule has 0 saturated carbocycles. The number of nitrogens with one attached hydrogen (secondary N) is 1. The zero-order valence-electron chi connectivity index (χ0n) is 12.6. The molecule has 0 aliphatic carbocycles. The third-order valence-electron chi connectivity index (χ3n) is 5.47. The molecule has 4 nitrogen and oxygen atoms in total. The van der Waals surface area contributed by atoms with Crippen LogP contribution in [0.1, 0.15) is 37.8 Å². The summed E-state index contributed by atoms with van der Waals surface area (Å²) in [5.74, 6) is 0.0532. The van der Waals surface area contributed by atoms with Gasteiger partial charge in [-0.15, -0.1) is 0 Å². The van der Waals surface area contributed by atoms with Crippen LogP contribution < -0.4 is 10.2 Å². The molecule has 4 rings (SSSR count). The molecule has 1 N–H and O–H groups in total. The SMILES string of the molecule is O=C1N(c2ccc(C(F)(F)F)nc2)CCC12CC1CCC(C2)N1. The molecule has 3 saturated heterocycles. The number of amides is 1. The lowest BCUT2D eigenvalue weighted by Gasteiger charge is -2.36. The largest absolute Gasteiger partial charge is 0.433 e. The monoisotopic (exact) mass is 325 g/mol. The first-order valence-electron chi connectivity index (χ1n) is 7.99. The van der Waals surface area contributed by atoms with Gasteiger partial charge in [0.25, 0.3) is 0 Å². The number of carbonyl (C=O) groups is 1. The van der Waals surface area contributed by atoms with Gasteiger partial charge < -0.3 is 10.2 Å². The molecule has 1 aromatic heterocycles. The van der Waals surface area contributed by atoms with Crippen molar-refractivity contribution in [3.05, 3.63) is 24.0 Å². The molecule has 1 spiro atoms. The number of pyridine rings is 1. The molecule has 7 heteroatoms. The third kappa shape index (κ3) is 2.41. The number of anilines is 1. The average molecular weight is 325 g/mol. The summed E-state index contributed by atoms with van der Waals surface area (Å²) in [6.07, 6.45) is 1.39. The molecule has 1 aromatic rings. The van der Waals surface area contributed by atoms with Crippen LogP contribution in [0.15, 0.2) is 18.3 Å². The van der Waals surface area contributed by atoms with Crippen LogP contribution in [0.25, 0.3) is 0 Å². The van der Waals surface area contributed by atoms with Gasteiger partial charge in [-0.05, 0) is 44.2 Å². The van der Waals surface area contributed by atoms with Crippen molar-refractivity contribution in [2.75, 3.05) is 11.4 Å². The van der Waals surface area contributed by atoms with Crippen LogP contribution in [0.3, 0.4) is 0 Å². The summed E-state index contributed by atoms with van der Waals surface area (Å²) >= 11 is 0. The third-order valence-corrected chi connectivity index (χ3v) is 5.47. The van der Waals surface area contributed by atoms with Gasteiger partial charge in [-0.2, -0.15) is 13.2 Å². The van der Waals surface area contributed by atoms with E-state index in [1.54, 1.807) is 4.90 Å². The second-order valence-corrected chi connectivity index (χ2v) is 6.93. The first kappa shape index (κ1) is 14.9. The molecule has 4 heterocycles. The van der Waals surface area contributed by atoms with E-state index in [0.29, 0.717) is 24.3 Å². The average Bonchev–Trinajstić information content (AvgIpc) is 3.00. The van der Waals surface area contributed by atoms with E-state index >= 15 is 0 Å². The Kier molecular flexibility index (Phi) is 3.20. The summed E-state index contributed by atoms with van der Waals surface area (Å²) in [5, 5.41) is 3.53. The van der Waals surface area contributed by atoms with Crippen LogP contribution in [0.4, 0.5) is 18.9 Å². The zero-order chi connectivity index (χ0) is 16.2. The van der Waals surface area contributed by atoms with Crippen LogP contribution in [0.2, 0.25) is 0 Å². The lowest BCUT2D eigenvalue weighted by atomic mass is 9.74. The highest BCUT2D eigenvalue weighted by Crippen LogP contribution is 2.48. The van der Waals surface area contributed by atoms with E-state index in [1.165, 1.54) is 6.07 Å². The van der Waals surface area contributed by atoms with E-state index in [4.69, 9.17) is 0 Å². The van der Waals surface area contributed by atoms with Gasteiger partial charge in [-0.1, -0.05) is 0 Å². The molecule has 23 heavy (non-hydrogen) atoms. The minimum absolute atomic E-state index is 0.0532. The van der Waals surface area contributed by atoms with Crippen LogP contribution in [-0.2, 0) is 11.0 Å². The molecular weight excluding hydrogens is 307 g/mol. The normalized spacial score (nSPS) is 33.7. The fourth-order valence-corrected chi connectivity index (χ4v) is 4.41. The first-order chi connectivity index (χ1) is 10.9. The number of alkyl halides is 3. The van der Waals surface area contributed by atoms with Crippen molar-refractivity contribution in [2.24, 2.45) is 5.41 Å². The molecule has 2 bridgehead atoms. The summed E-state index contributed by atoms with van der Waals surface area (Å²) < 4.78 is 37.8. The zero-order valence-corrected chi connectivity index (χ0v) is 12.6. The molecule has 124 valence electrons. The maximum Gasteiger partial charge on any atom is 0.433 e. The fourth-order valence-electron chi connectivity index (χ4n) is 4.41. The van der Waals surface area contributed by atoms with Gasteiger partial charge in [-0.3, -0.25) is 4.79 Å². The molecule has 0 radical (unpaired) electrons. The van der Waals surface area contributed by atoms with E-state index < -0.39 is 11.9 Å². The maximum absolute atomic E-state index is 12.9. The Hall–Kier alpha value is -1.63. The highest BCUT2D eigenvalue weighted by Gasteiger charge is 2.53. The molecule has 3 aliphatic heterocycles. The van der Waals surface area contributed by atoms with E-state index in [-0.39, 0.29) is 11.3 Å². The van der Waals surface area contributed by atoms with E-state index in [1.807, 2.05) is 0 Å². The summed E-state index contributed by atoms with van der Waals surface area (Å²) in [6, 6.07) is 3.11. The smallest absolute Gasteiger partial charge is 0.311 e. The second-order valence-electron chi connectivity index (χ2n) is 6.93. The Morgan fingerprint density at radius 2 is 1.91 bits per heavy atom. The fraction of sp³-hybridized carbons (Fsp3) is 0.625. The number of nitrogens with zero attached hydrogens (tertiary/aromatic N) is 2. The number of hydrogen-bond acceptors (Lipinski definition) is 3. The number of aromatic nitrogens is 1. The number of halogens is 3. The standard InChI is InChI=1S/C16H18F3N3O/c17-16(18,19)13-4-3-12(9-20-13)22-6-5-15(14(22)23)7-10-1-2-11(8-15)21-10/h3-4,9-11,21H,1-2,5-8H2. The van der Waals surface area contributed by atoms with E-state index in [9.17, 15) is 18.0 Å². The van der Waals surface area contributed by atoms with Crippen molar-refractivity contribution < 1.29 is 18.0 Å². The van der Waals surface area contributed by atoms with Gasteiger partial charge in [-0.25, -0.2) is 4.98 Å². The highest BCUT2D eigenvalue weighted by molar-refractivity contribution is 6.00. The van der Waals surface area contributed by atoms with Crippen molar-refractivity contribution in [3.8, 4) is 0 Å². The summed E-state index contributed by atoms with van der Waals surface area (Å²) in [6.45, 7) is 0.561. The minimum Gasteiger partial charge on any atom is -0.311 e. The molecule has 3 fully saturated rings. The topological polar surface area (TPSA) is 45.2 Å². The number of piperidine rings is 1. The van der Waals surface area contributed by atoms with Crippen molar-refractivity contribution in [2.45, 2.75) is 50.4 Å². The molecule has 3 aliphatic rings. The van der Waals surface area contributed by atoms with Crippen molar-refractivity contribution in [3.63, 3.8) is 0 Å². The Balaban J connectivity index is 1.56. The summed E-state index contributed by atoms with van der Waals surface area (Å²) in [5.41, 5.74) is -0.798. The predicted molar refractivity (Wildman–Crippen MR) is 77.8 cm³/mol. The van der Waals surface area contributed by atoms with E-state index in [2.05, 4.69) is 10.3 Å². The van der Waals surface area contributed by atoms with Gasteiger partial charge in [0.15, 0.2) is 0 Å². The Morgan fingerprint density at radius 3 is 2.48 bits per heavy atom. The van der Waals surface area contributed by atoms with Gasteiger partial charge >= 0.3 is 6.18 Å². The predicted octanol–water partition coefficient (Wildman–Crippen LogP) is 2.74. The van der Waals surface area contributed by atoms with Crippen LogP contribution in [-0.4, -0.2) is 29.5 Å². The van der Waals surface area contributed by atoms with Gasteiger partial charge in [0, 0.05) is 18.6 Å². The number of hydrogen-bond donors (Lipinski definition) is 1. The summed E-state index contributed by atoms with van der Waals surface area (Å²) in [7, 11) is 0. The van der Waals surface area contributed by atoms with Crippen molar-refractivity contribution in [1.82, 2.24) is 10.3 Å². The van der Waals surface area contributed by atoms with Crippen LogP contribution in [0, 0.1) is 5.41 Å². The summed E-state index contributed by atoms with van der Waals surface area (Å²) in [4.78, 5) is 18.0. The second kappa shape index (κ2) is 4.93. The Bertz CT molecular complexity index is 616. The number of rotatable bonds is 1. The molecule has 0 aromatic carbocycles. The lowest BCUT2D eigenvalue weighted by Crippen LogP contribution is -2.48. The van der Waals surface area contributed by atoms with Crippen LogP contribution >= 0.6 is 0 Å². The highest BCUT2D eigenvalue weighted by atomic mass is 19.4. The maximum atomic E-state index is 12.9. The molecule has 1 amide bonds. The first-order valence-corrected chi connectivity index (χ1v) is 7.99.